The molecule has 1 aromatic rings. The van der Waals surface area contributed by atoms with Crippen LogP contribution in [0.4, 0.5) is 0 Å². The van der Waals surface area contributed by atoms with Crippen molar-refractivity contribution < 1.29 is 4.74 Å². The molecule has 0 aromatic carbocycles. The highest BCUT2D eigenvalue weighted by molar-refractivity contribution is 5.26. The Bertz CT molecular complexity index is 468. The van der Waals surface area contributed by atoms with E-state index in [-0.39, 0.29) is 0 Å². The number of aromatic nitrogens is 1. The smallest absolute Gasteiger partial charge is 0.213 e. The molecule has 0 saturated heterocycles. The first-order chi connectivity index (χ1) is 9.60. The van der Waals surface area contributed by atoms with Crippen LogP contribution in [0.2, 0.25) is 0 Å². The van der Waals surface area contributed by atoms with Crippen molar-refractivity contribution in [3.63, 3.8) is 0 Å². The molecule has 2 rings (SSSR count). The van der Waals surface area contributed by atoms with Crippen molar-refractivity contribution >= 4 is 0 Å². The Balaban J connectivity index is 2.04. The van der Waals surface area contributed by atoms with Crippen LogP contribution in [0, 0.1) is 11.8 Å². The number of nitrogens with zero attached hydrogens (tertiary/aromatic N) is 1. The zero-order chi connectivity index (χ0) is 14.5. The standard InChI is InChI=1S/C17H26N2O/c1-12(2)16-8-14(10-18)9-17(19-16)20-11-15-7-5-4-6-13(15)3/h4-5,8-9,12-13,15H,6-7,10-11,18H2,1-3H3. The van der Waals surface area contributed by atoms with E-state index in [1.165, 1.54) is 0 Å². The predicted octanol–water partition coefficient (Wildman–Crippen LogP) is 3.64. The molecule has 20 heavy (non-hydrogen) atoms. The van der Waals surface area contributed by atoms with Crippen molar-refractivity contribution in [1.82, 2.24) is 4.98 Å². The van der Waals surface area contributed by atoms with E-state index in [4.69, 9.17) is 10.5 Å². The van der Waals surface area contributed by atoms with E-state index in [1.54, 1.807) is 0 Å². The van der Waals surface area contributed by atoms with Crippen molar-refractivity contribution in [2.75, 3.05) is 6.61 Å². The average Bonchev–Trinajstić information content (AvgIpc) is 2.46. The Labute approximate surface area is 122 Å². The molecule has 1 aliphatic rings. The maximum Gasteiger partial charge on any atom is 0.213 e. The molecule has 0 bridgehead atoms. The van der Waals surface area contributed by atoms with Gasteiger partial charge in [0.15, 0.2) is 0 Å². The van der Waals surface area contributed by atoms with Gasteiger partial charge in [0.2, 0.25) is 5.88 Å². The zero-order valence-electron chi connectivity index (χ0n) is 12.8. The molecule has 0 saturated carbocycles. The van der Waals surface area contributed by atoms with Gasteiger partial charge in [0.05, 0.1) is 6.61 Å². The van der Waals surface area contributed by atoms with E-state index in [1.807, 2.05) is 6.07 Å². The molecule has 0 aliphatic heterocycles. The van der Waals surface area contributed by atoms with Gasteiger partial charge in [-0.1, -0.05) is 32.9 Å². The molecular weight excluding hydrogens is 248 g/mol. The first kappa shape index (κ1) is 15.0. The summed E-state index contributed by atoms with van der Waals surface area (Å²) in [4.78, 5) is 4.59. The molecule has 2 unspecified atom stereocenters. The maximum atomic E-state index is 5.95. The minimum absolute atomic E-state index is 0.389. The second-order valence-corrected chi connectivity index (χ2v) is 6.09. The molecule has 2 atom stereocenters. The first-order valence-electron chi connectivity index (χ1n) is 7.59. The number of hydrogen-bond acceptors (Lipinski definition) is 3. The van der Waals surface area contributed by atoms with Gasteiger partial charge >= 0.3 is 0 Å². The summed E-state index contributed by atoms with van der Waals surface area (Å²) < 4.78 is 5.95. The lowest BCUT2D eigenvalue weighted by Crippen LogP contribution is -2.21. The second kappa shape index (κ2) is 6.89. The van der Waals surface area contributed by atoms with Crippen LogP contribution in [0.3, 0.4) is 0 Å². The summed E-state index contributed by atoms with van der Waals surface area (Å²) >= 11 is 0. The van der Waals surface area contributed by atoms with Gasteiger partial charge in [0, 0.05) is 18.3 Å². The van der Waals surface area contributed by atoms with Gasteiger partial charge < -0.3 is 10.5 Å². The number of allylic oxidation sites excluding steroid dienone is 2. The van der Waals surface area contributed by atoms with Crippen LogP contribution in [-0.2, 0) is 6.54 Å². The molecule has 0 fully saturated rings. The molecule has 1 aliphatic carbocycles. The molecule has 1 aromatic heterocycles. The molecule has 3 heteroatoms. The molecule has 1 heterocycles. The fourth-order valence-electron chi connectivity index (χ4n) is 2.50. The largest absolute Gasteiger partial charge is 0.477 e. The van der Waals surface area contributed by atoms with Crippen molar-refractivity contribution in [3.05, 3.63) is 35.5 Å². The lowest BCUT2D eigenvalue weighted by atomic mass is 9.85. The Morgan fingerprint density at radius 2 is 2.05 bits per heavy atom. The van der Waals surface area contributed by atoms with Gasteiger partial charge in [0.1, 0.15) is 0 Å². The zero-order valence-corrected chi connectivity index (χ0v) is 12.8. The first-order valence-corrected chi connectivity index (χ1v) is 7.59. The molecule has 2 N–H and O–H groups in total. The van der Waals surface area contributed by atoms with Gasteiger partial charge in [-0.25, -0.2) is 4.98 Å². The summed E-state index contributed by atoms with van der Waals surface area (Å²) in [7, 11) is 0. The van der Waals surface area contributed by atoms with Gasteiger partial charge in [-0.3, -0.25) is 0 Å². The number of hydrogen-bond donors (Lipinski definition) is 1. The predicted molar refractivity (Wildman–Crippen MR) is 82.7 cm³/mol. The third-order valence-electron chi connectivity index (χ3n) is 4.07. The van der Waals surface area contributed by atoms with E-state index in [2.05, 4.69) is 44.0 Å². The highest BCUT2D eigenvalue weighted by Crippen LogP contribution is 2.26. The average molecular weight is 274 g/mol. The van der Waals surface area contributed by atoms with Gasteiger partial charge in [0.25, 0.3) is 0 Å². The normalized spacial score (nSPS) is 22.2. The third-order valence-corrected chi connectivity index (χ3v) is 4.07. The monoisotopic (exact) mass is 274 g/mol. The molecule has 0 radical (unpaired) electrons. The Hall–Kier alpha value is -1.35. The summed E-state index contributed by atoms with van der Waals surface area (Å²) in [5, 5.41) is 0. The molecule has 0 amide bonds. The van der Waals surface area contributed by atoms with Crippen LogP contribution in [0.25, 0.3) is 0 Å². The summed E-state index contributed by atoms with van der Waals surface area (Å²) in [5.41, 5.74) is 7.90. The molecule has 0 spiro atoms. The van der Waals surface area contributed by atoms with E-state index < -0.39 is 0 Å². The number of pyridine rings is 1. The fraction of sp³-hybridized carbons (Fsp3) is 0.588. The van der Waals surface area contributed by atoms with Crippen LogP contribution in [0.1, 0.15) is 50.8 Å². The number of ether oxygens (including phenoxy) is 1. The maximum absolute atomic E-state index is 5.95. The van der Waals surface area contributed by atoms with Crippen molar-refractivity contribution in [2.45, 2.75) is 46.1 Å². The molecule has 3 nitrogen and oxygen atoms in total. The summed E-state index contributed by atoms with van der Waals surface area (Å²) in [5.74, 6) is 2.38. The van der Waals surface area contributed by atoms with Gasteiger partial charge in [-0.05, 0) is 42.2 Å². The van der Waals surface area contributed by atoms with Gasteiger partial charge in [-0.15, -0.1) is 0 Å². The highest BCUT2D eigenvalue weighted by atomic mass is 16.5. The topological polar surface area (TPSA) is 48.1 Å². The summed E-state index contributed by atoms with van der Waals surface area (Å²) in [6, 6.07) is 4.04. The van der Waals surface area contributed by atoms with Crippen LogP contribution >= 0.6 is 0 Å². The SMILES string of the molecule is CC(C)c1cc(CN)cc(OCC2CC=CCC2C)n1. The van der Waals surface area contributed by atoms with Crippen molar-refractivity contribution in [2.24, 2.45) is 17.6 Å². The van der Waals surface area contributed by atoms with E-state index in [0.29, 0.717) is 24.3 Å². The quantitative estimate of drug-likeness (QED) is 0.834. The van der Waals surface area contributed by atoms with Crippen molar-refractivity contribution in [3.8, 4) is 5.88 Å². The lowest BCUT2D eigenvalue weighted by molar-refractivity contribution is 0.192. The Kier molecular flexibility index (Phi) is 5.18. The van der Waals surface area contributed by atoms with Crippen molar-refractivity contribution in [1.29, 1.82) is 0 Å². The lowest BCUT2D eigenvalue weighted by Gasteiger charge is -2.25. The third kappa shape index (κ3) is 3.83. The fourth-order valence-corrected chi connectivity index (χ4v) is 2.50. The number of rotatable bonds is 5. The van der Waals surface area contributed by atoms with Crippen LogP contribution in [-0.4, -0.2) is 11.6 Å². The second-order valence-electron chi connectivity index (χ2n) is 6.09. The Morgan fingerprint density at radius 3 is 2.70 bits per heavy atom. The Morgan fingerprint density at radius 1 is 1.30 bits per heavy atom. The molecule has 110 valence electrons. The van der Waals surface area contributed by atoms with E-state index in [9.17, 15) is 0 Å². The van der Waals surface area contributed by atoms with Gasteiger partial charge in [-0.2, -0.15) is 0 Å². The summed E-state index contributed by atoms with van der Waals surface area (Å²) in [6.07, 6.45) is 6.79. The minimum Gasteiger partial charge on any atom is -0.477 e. The minimum atomic E-state index is 0.389. The number of nitrogens with two attached hydrogens (primary N) is 1. The summed E-state index contributed by atoms with van der Waals surface area (Å²) in [6.45, 7) is 7.84. The van der Waals surface area contributed by atoms with Crippen LogP contribution in [0.15, 0.2) is 24.3 Å². The van der Waals surface area contributed by atoms with Crippen LogP contribution in [0.5, 0.6) is 5.88 Å². The van der Waals surface area contributed by atoms with E-state index in [0.717, 1.165) is 36.6 Å². The van der Waals surface area contributed by atoms with E-state index >= 15 is 0 Å². The van der Waals surface area contributed by atoms with Crippen LogP contribution < -0.4 is 10.5 Å². The highest BCUT2D eigenvalue weighted by Gasteiger charge is 2.19. The molecular formula is C17H26N2O.